The summed E-state index contributed by atoms with van der Waals surface area (Å²) in [4.78, 5) is 24.3. The van der Waals surface area contributed by atoms with Crippen molar-refractivity contribution in [1.29, 1.82) is 0 Å². The Morgan fingerprint density at radius 2 is 1.88 bits per heavy atom. The van der Waals surface area contributed by atoms with E-state index >= 15 is 0 Å². The predicted octanol–water partition coefficient (Wildman–Crippen LogP) is 1.24. The molecule has 94 valence electrons. The average molecular weight is 230 g/mol. The van der Waals surface area contributed by atoms with Crippen molar-refractivity contribution in [2.45, 2.75) is 33.3 Å². The average Bonchev–Trinajstić information content (AvgIpc) is 2.13. The van der Waals surface area contributed by atoms with Crippen LogP contribution < -0.4 is 5.32 Å². The number of carbonyl (C=O) groups is 2. The molecular formula is C11H22N2O3. The molecule has 0 heterocycles. The maximum atomic E-state index is 11.6. The summed E-state index contributed by atoms with van der Waals surface area (Å²) in [7, 11) is 3.19. The number of nitrogens with one attached hydrogen (secondary N) is 1. The van der Waals surface area contributed by atoms with Crippen LogP contribution in [0, 0.1) is 5.92 Å². The van der Waals surface area contributed by atoms with Crippen LogP contribution >= 0.6 is 0 Å². The molecule has 0 bridgehead atoms. The highest BCUT2D eigenvalue weighted by atomic mass is 16.6. The topological polar surface area (TPSA) is 58.6 Å². The van der Waals surface area contributed by atoms with Gasteiger partial charge in [-0.05, 0) is 20.8 Å². The van der Waals surface area contributed by atoms with E-state index < -0.39 is 11.7 Å². The third kappa shape index (κ3) is 5.58. The molecule has 16 heavy (non-hydrogen) atoms. The van der Waals surface area contributed by atoms with Gasteiger partial charge in [-0.2, -0.15) is 0 Å². The SMILES string of the molecule is CNC(=O)C(C)CN(C)C(=O)OC(C)(C)C. The van der Waals surface area contributed by atoms with E-state index in [4.69, 9.17) is 4.74 Å². The van der Waals surface area contributed by atoms with Gasteiger partial charge in [0.2, 0.25) is 5.91 Å². The molecule has 0 spiro atoms. The molecule has 0 aliphatic rings. The molecule has 0 fully saturated rings. The van der Waals surface area contributed by atoms with E-state index in [0.29, 0.717) is 6.54 Å². The highest BCUT2D eigenvalue weighted by Gasteiger charge is 2.22. The van der Waals surface area contributed by atoms with Crippen molar-refractivity contribution in [2.75, 3.05) is 20.6 Å². The van der Waals surface area contributed by atoms with Crippen molar-refractivity contribution in [3.63, 3.8) is 0 Å². The minimum absolute atomic E-state index is 0.0876. The first-order chi connectivity index (χ1) is 7.17. The number of nitrogens with zero attached hydrogens (tertiary/aromatic N) is 1. The minimum atomic E-state index is -0.512. The highest BCUT2D eigenvalue weighted by Crippen LogP contribution is 2.10. The number of hydrogen-bond acceptors (Lipinski definition) is 3. The molecule has 0 radical (unpaired) electrons. The Morgan fingerprint density at radius 3 is 2.25 bits per heavy atom. The van der Waals surface area contributed by atoms with Gasteiger partial charge in [0.25, 0.3) is 0 Å². The lowest BCUT2D eigenvalue weighted by Crippen LogP contribution is -2.40. The van der Waals surface area contributed by atoms with Gasteiger partial charge >= 0.3 is 6.09 Å². The molecule has 1 N–H and O–H groups in total. The van der Waals surface area contributed by atoms with Crippen LogP contribution in [-0.2, 0) is 9.53 Å². The Balaban J connectivity index is 4.21. The zero-order chi connectivity index (χ0) is 12.9. The van der Waals surface area contributed by atoms with Crippen LogP contribution in [0.3, 0.4) is 0 Å². The summed E-state index contributed by atoms with van der Waals surface area (Å²) in [6, 6.07) is 0. The quantitative estimate of drug-likeness (QED) is 0.793. The minimum Gasteiger partial charge on any atom is -0.444 e. The van der Waals surface area contributed by atoms with E-state index in [2.05, 4.69) is 5.32 Å². The van der Waals surface area contributed by atoms with Crippen LogP contribution in [-0.4, -0.2) is 43.1 Å². The van der Waals surface area contributed by atoms with Crippen LogP contribution in [0.2, 0.25) is 0 Å². The Labute approximate surface area is 97.1 Å². The zero-order valence-electron chi connectivity index (χ0n) is 11.0. The van der Waals surface area contributed by atoms with Crippen molar-refractivity contribution in [1.82, 2.24) is 10.2 Å². The molecule has 0 saturated heterocycles. The van der Waals surface area contributed by atoms with Gasteiger partial charge in [-0.3, -0.25) is 4.79 Å². The normalized spacial score (nSPS) is 12.9. The van der Waals surface area contributed by atoms with E-state index in [1.54, 1.807) is 41.8 Å². The summed E-state index contributed by atoms with van der Waals surface area (Å²) >= 11 is 0. The van der Waals surface area contributed by atoms with Gasteiger partial charge in [-0.1, -0.05) is 6.92 Å². The van der Waals surface area contributed by atoms with E-state index in [9.17, 15) is 9.59 Å². The zero-order valence-corrected chi connectivity index (χ0v) is 11.0. The van der Waals surface area contributed by atoms with E-state index in [-0.39, 0.29) is 11.8 Å². The van der Waals surface area contributed by atoms with Crippen LogP contribution in [0.4, 0.5) is 4.79 Å². The summed E-state index contributed by atoms with van der Waals surface area (Å²) < 4.78 is 5.17. The van der Waals surface area contributed by atoms with Gasteiger partial charge in [-0.25, -0.2) is 4.79 Å². The Bertz CT molecular complexity index is 258. The molecule has 0 aliphatic carbocycles. The van der Waals surface area contributed by atoms with Gasteiger partial charge in [0.05, 0.1) is 5.92 Å². The molecule has 0 aliphatic heterocycles. The van der Waals surface area contributed by atoms with Crippen molar-refractivity contribution >= 4 is 12.0 Å². The van der Waals surface area contributed by atoms with Crippen LogP contribution in [0.1, 0.15) is 27.7 Å². The van der Waals surface area contributed by atoms with Crippen LogP contribution in [0.25, 0.3) is 0 Å². The molecule has 1 atom stereocenters. The largest absolute Gasteiger partial charge is 0.444 e. The molecule has 0 rings (SSSR count). The second-order valence-corrected chi connectivity index (χ2v) is 4.88. The summed E-state index contributed by atoms with van der Waals surface area (Å²) in [5.41, 5.74) is -0.512. The number of hydrogen-bond donors (Lipinski definition) is 1. The van der Waals surface area contributed by atoms with E-state index in [0.717, 1.165) is 0 Å². The second kappa shape index (κ2) is 5.72. The van der Waals surface area contributed by atoms with Gasteiger partial charge < -0.3 is 15.0 Å². The first kappa shape index (κ1) is 14.7. The van der Waals surface area contributed by atoms with Crippen molar-refractivity contribution < 1.29 is 14.3 Å². The lowest BCUT2D eigenvalue weighted by atomic mass is 10.1. The summed E-state index contributed by atoms with van der Waals surface area (Å²) in [6.07, 6.45) is -0.414. The molecule has 5 nitrogen and oxygen atoms in total. The first-order valence-corrected chi connectivity index (χ1v) is 5.33. The van der Waals surface area contributed by atoms with Crippen molar-refractivity contribution in [2.24, 2.45) is 5.92 Å². The summed E-state index contributed by atoms with van der Waals surface area (Å²) in [6.45, 7) is 7.52. The van der Waals surface area contributed by atoms with Crippen LogP contribution in [0.15, 0.2) is 0 Å². The monoisotopic (exact) mass is 230 g/mol. The second-order valence-electron chi connectivity index (χ2n) is 4.88. The summed E-state index contributed by atoms with van der Waals surface area (Å²) in [5.74, 6) is -0.335. The molecular weight excluding hydrogens is 208 g/mol. The Morgan fingerprint density at radius 1 is 1.38 bits per heavy atom. The van der Waals surface area contributed by atoms with Gasteiger partial charge in [0.1, 0.15) is 5.60 Å². The third-order valence-electron chi connectivity index (χ3n) is 1.95. The van der Waals surface area contributed by atoms with Crippen molar-refractivity contribution in [3.8, 4) is 0 Å². The fourth-order valence-electron chi connectivity index (χ4n) is 1.15. The number of carbonyl (C=O) groups excluding carboxylic acids is 2. The fraction of sp³-hybridized carbons (Fsp3) is 0.818. The fourth-order valence-corrected chi connectivity index (χ4v) is 1.15. The van der Waals surface area contributed by atoms with Gasteiger partial charge in [0.15, 0.2) is 0 Å². The lowest BCUT2D eigenvalue weighted by molar-refractivity contribution is -0.124. The maximum absolute atomic E-state index is 11.6. The first-order valence-electron chi connectivity index (χ1n) is 5.33. The lowest BCUT2D eigenvalue weighted by Gasteiger charge is -2.26. The number of amides is 2. The Hall–Kier alpha value is -1.26. The molecule has 1 unspecified atom stereocenters. The van der Waals surface area contributed by atoms with E-state index in [1.807, 2.05) is 0 Å². The van der Waals surface area contributed by atoms with Gasteiger partial charge in [0, 0.05) is 20.6 Å². The molecule has 0 aromatic carbocycles. The van der Waals surface area contributed by atoms with Gasteiger partial charge in [-0.15, -0.1) is 0 Å². The standard InChI is InChI=1S/C11H22N2O3/c1-8(9(14)12-5)7-13(6)10(15)16-11(2,3)4/h8H,7H2,1-6H3,(H,12,14). The van der Waals surface area contributed by atoms with Crippen molar-refractivity contribution in [3.05, 3.63) is 0 Å². The third-order valence-corrected chi connectivity index (χ3v) is 1.95. The molecule has 2 amide bonds. The molecule has 5 heteroatoms. The molecule has 0 aromatic rings. The predicted molar refractivity (Wildman–Crippen MR) is 62.1 cm³/mol. The van der Waals surface area contributed by atoms with Crippen LogP contribution in [0.5, 0.6) is 0 Å². The smallest absolute Gasteiger partial charge is 0.410 e. The Kier molecular flexibility index (Phi) is 5.27. The highest BCUT2D eigenvalue weighted by molar-refractivity contribution is 5.78. The maximum Gasteiger partial charge on any atom is 0.410 e. The number of ether oxygens (including phenoxy) is 1. The molecule has 0 saturated carbocycles. The molecule has 0 aromatic heterocycles. The number of rotatable bonds is 3. The van der Waals surface area contributed by atoms with E-state index in [1.165, 1.54) is 4.90 Å². The summed E-state index contributed by atoms with van der Waals surface area (Å²) in [5, 5.41) is 2.54.